The fourth-order valence-corrected chi connectivity index (χ4v) is 2.25. The molecule has 3 N–H and O–H groups in total. The number of nitrogen functional groups attached to an aromatic ring is 1. The van der Waals surface area contributed by atoms with Crippen LogP contribution in [0.2, 0.25) is 0 Å². The van der Waals surface area contributed by atoms with E-state index in [-0.39, 0.29) is 11.5 Å². The van der Waals surface area contributed by atoms with Gasteiger partial charge in [-0.05, 0) is 25.0 Å². The number of aromatic nitrogens is 5. The maximum Gasteiger partial charge on any atom is 0.328 e. The van der Waals surface area contributed by atoms with E-state index in [2.05, 4.69) is 26.9 Å². The first-order valence-corrected chi connectivity index (χ1v) is 6.75. The molecule has 3 aromatic rings. The Morgan fingerprint density at radius 3 is 2.81 bits per heavy atom. The van der Waals surface area contributed by atoms with Gasteiger partial charge in [0.25, 0.3) is 0 Å². The number of hydrogen-bond acceptors (Lipinski definition) is 5. The van der Waals surface area contributed by atoms with E-state index in [0.717, 1.165) is 17.7 Å². The summed E-state index contributed by atoms with van der Waals surface area (Å²) in [5.41, 5.74) is 8.52. The summed E-state index contributed by atoms with van der Waals surface area (Å²) < 4.78 is 1.54. The summed E-state index contributed by atoms with van der Waals surface area (Å²) in [6.45, 7) is 4.19. The molecular weight excluding hydrogens is 268 g/mol. The zero-order valence-electron chi connectivity index (χ0n) is 11.9. The first-order chi connectivity index (χ1) is 10.1. The molecule has 3 heterocycles. The molecule has 21 heavy (non-hydrogen) atoms. The Morgan fingerprint density at radius 1 is 1.33 bits per heavy atom. The summed E-state index contributed by atoms with van der Waals surface area (Å²) in [5, 5.41) is 0. The molecule has 0 fully saturated rings. The number of pyridine rings is 1. The van der Waals surface area contributed by atoms with Crippen LogP contribution in [-0.2, 0) is 13.0 Å². The summed E-state index contributed by atoms with van der Waals surface area (Å²) in [4.78, 5) is 27.5. The predicted octanol–water partition coefficient (Wildman–Crippen LogP) is 1.02. The SMILES string of the molecule is CCc1ccc(Cn2c(=O)[nH]c3c(N)nc(C)nc32)cn1. The molecule has 108 valence electrons. The molecule has 0 unspecified atom stereocenters. The highest BCUT2D eigenvalue weighted by molar-refractivity contribution is 5.81. The smallest absolute Gasteiger partial charge is 0.328 e. The van der Waals surface area contributed by atoms with Crippen molar-refractivity contribution >= 4 is 17.0 Å². The first-order valence-electron chi connectivity index (χ1n) is 6.75. The first kappa shape index (κ1) is 13.3. The molecule has 7 heteroatoms. The molecule has 3 aromatic heterocycles. The van der Waals surface area contributed by atoms with Crippen LogP contribution < -0.4 is 11.4 Å². The van der Waals surface area contributed by atoms with E-state index in [9.17, 15) is 4.79 Å². The van der Waals surface area contributed by atoms with Crippen molar-refractivity contribution in [3.05, 3.63) is 45.9 Å². The van der Waals surface area contributed by atoms with Gasteiger partial charge in [0.1, 0.15) is 11.3 Å². The maximum absolute atomic E-state index is 12.1. The van der Waals surface area contributed by atoms with Crippen molar-refractivity contribution in [2.45, 2.75) is 26.8 Å². The molecule has 0 spiro atoms. The lowest BCUT2D eigenvalue weighted by atomic mass is 10.2. The van der Waals surface area contributed by atoms with Crippen molar-refractivity contribution in [2.24, 2.45) is 0 Å². The second-order valence-electron chi connectivity index (χ2n) is 4.88. The van der Waals surface area contributed by atoms with Crippen LogP contribution in [0.25, 0.3) is 11.2 Å². The number of nitrogens with zero attached hydrogens (tertiary/aromatic N) is 4. The van der Waals surface area contributed by atoms with Gasteiger partial charge >= 0.3 is 5.69 Å². The van der Waals surface area contributed by atoms with Gasteiger partial charge in [0, 0.05) is 11.9 Å². The molecule has 0 aliphatic carbocycles. The van der Waals surface area contributed by atoms with Gasteiger partial charge in [-0.2, -0.15) is 0 Å². The van der Waals surface area contributed by atoms with Gasteiger partial charge in [0.15, 0.2) is 11.5 Å². The number of aromatic amines is 1. The van der Waals surface area contributed by atoms with Crippen LogP contribution >= 0.6 is 0 Å². The van der Waals surface area contributed by atoms with Gasteiger partial charge in [0.2, 0.25) is 0 Å². The second-order valence-corrected chi connectivity index (χ2v) is 4.88. The monoisotopic (exact) mass is 284 g/mol. The second kappa shape index (κ2) is 5.01. The zero-order chi connectivity index (χ0) is 15.0. The molecule has 0 amide bonds. The highest BCUT2D eigenvalue weighted by atomic mass is 16.1. The van der Waals surface area contributed by atoms with Gasteiger partial charge in [0.05, 0.1) is 6.54 Å². The van der Waals surface area contributed by atoms with Crippen LogP contribution in [0.1, 0.15) is 24.0 Å². The van der Waals surface area contributed by atoms with Crippen LogP contribution in [0.3, 0.4) is 0 Å². The van der Waals surface area contributed by atoms with Gasteiger partial charge in [-0.25, -0.2) is 14.8 Å². The minimum absolute atomic E-state index is 0.254. The zero-order valence-corrected chi connectivity index (χ0v) is 11.9. The van der Waals surface area contributed by atoms with E-state index in [1.807, 2.05) is 12.1 Å². The number of nitrogens with two attached hydrogens (primary N) is 1. The Hall–Kier alpha value is -2.70. The topological polar surface area (TPSA) is 102 Å². The summed E-state index contributed by atoms with van der Waals surface area (Å²) in [6.07, 6.45) is 2.66. The number of fused-ring (bicyclic) bond motifs is 1. The number of H-pyrrole nitrogens is 1. The van der Waals surface area contributed by atoms with E-state index >= 15 is 0 Å². The summed E-state index contributed by atoms with van der Waals surface area (Å²) in [6, 6.07) is 3.93. The highest BCUT2D eigenvalue weighted by Crippen LogP contribution is 2.14. The third-order valence-electron chi connectivity index (χ3n) is 3.35. The van der Waals surface area contributed by atoms with E-state index in [0.29, 0.717) is 23.5 Å². The molecule has 0 atom stereocenters. The lowest BCUT2D eigenvalue weighted by Crippen LogP contribution is -2.18. The summed E-state index contributed by atoms with van der Waals surface area (Å²) in [7, 11) is 0. The van der Waals surface area contributed by atoms with Gasteiger partial charge in [-0.15, -0.1) is 0 Å². The Balaban J connectivity index is 2.07. The van der Waals surface area contributed by atoms with E-state index < -0.39 is 0 Å². The van der Waals surface area contributed by atoms with Crippen molar-refractivity contribution in [1.29, 1.82) is 0 Å². The Bertz CT molecular complexity index is 846. The maximum atomic E-state index is 12.1. The largest absolute Gasteiger partial charge is 0.382 e. The van der Waals surface area contributed by atoms with Gasteiger partial charge in [-0.3, -0.25) is 9.55 Å². The number of anilines is 1. The predicted molar refractivity (Wildman–Crippen MR) is 80.0 cm³/mol. The quantitative estimate of drug-likeness (QED) is 0.747. The van der Waals surface area contributed by atoms with E-state index in [4.69, 9.17) is 5.73 Å². The Kier molecular flexibility index (Phi) is 3.17. The fraction of sp³-hybridized carbons (Fsp3) is 0.286. The number of imidazole rings is 1. The lowest BCUT2D eigenvalue weighted by Gasteiger charge is -2.04. The molecular formula is C14H16N6O. The van der Waals surface area contributed by atoms with Crippen LogP contribution in [-0.4, -0.2) is 24.5 Å². The minimum Gasteiger partial charge on any atom is -0.382 e. The van der Waals surface area contributed by atoms with Crippen LogP contribution in [0.4, 0.5) is 5.82 Å². The van der Waals surface area contributed by atoms with Crippen molar-refractivity contribution < 1.29 is 0 Å². The molecule has 3 rings (SSSR count). The number of rotatable bonds is 3. The Labute approximate surface area is 120 Å². The van der Waals surface area contributed by atoms with Crippen molar-refractivity contribution in [1.82, 2.24) is 24.5 Å². The van der Waals surface area contributed by atoms with Crippen molar-refractivity contribution in [3.8, 4) is 0 Å². The van der Waals surface area contributed by atoms with E-state index in [1.165, 1.54) is 0 Å². The van der Waals surface area contributed by atoms with Gasteiger partial charge in [-0.1, -0.05) is 13.0 Å². The van der Waals surface area contributed by atoms with Crippen molar-refractivity contribution in [3.63, 3.8) is 0 Å². The number of hydrogen-bond donors (Lipinski definition) is 2. The fourth-order valence-electron chi connectivity index (χ4n) is 2.25. The molecule has 7 nitrogen and oxygen atoms in total. The van der Waals surface area contributed by atoms with Crippen LogP contribution in [0.5, 0.6) is 0 Å². The standard InChI is InChI=1S/C14H16N6O/c1-3-10-5-4-9(6-16-10)7-20-13-11(19-14(20)21)12(15)17-8(2)18-13/h4-6H,3,7H2,1-2H3,(H,19,21)(H2,15,17,18). The van der Waals surface area contributed by atoms with Gasteiger partial charge < -0.3 is 10.7 Å². The normalized spacial score (nSPS) is 11.1. The molecule has 0 saturated carbocycles. The average molecular weight is 284 g/mol. The molecule has 0 aliphatic heterocycles. The number of nitrogens with one attached hydrogen (secondary N) is 1. The van der Waals surface area contributed by atoms with Crippen molar-refractivity contribution in [2.75, 3.05) is 5.73 Å². The molecule has 0 radical (unpaired) electrons. The van der Waals surface area contributed by atoms with Crippen LogP contribution in [0, 0.1) is 6.92 Å². The Morgan fingerprint density at radius 2 is 2.14 bits per heavy atom. The minimum atomic E-state index is -0.254. The van der Waals surface area contributed by atoms with E-state index in [1.54, 1.807) is 17.7 Å². The summed E-state index contributed by atoms with van der Waals surface area (Å²) >= 11 is 0. The molecule has 0 aromatic carbocycles. The molecule has 0 aliphatic rings. The van der Waals surface area contributed by atoms with Crippen LogP contribution in [0.15, 0.2) is 23.1 Å². The molecule has 0 bridgehead atoms. The third kappa shape index (κ3) is 2.37. The third-order valence-corrected chi connectivity index (χ3v) is 3.35. The summed E-state index contributed by atoms with van der Waals surface area (Å²) in [5.74, 6) is 0.819. The highest BCUT2D eigenvalue weighted by Gasteiger charge is 2.12. The average Bonchev–Trinajstić information content (AvgIpc) is 2.77. The molecule has 0 saturated heterocycles. The number of aryl methyl sites for hydroxylation is 2. The lowest BCUT2D eigenvalue weighted by molar-refractivity contribution is 0.770.